The number of carbonyl (C=O) groups is 1. The van der Waals surface area contributed by atoms with Crippen molar-refractivity contribution >= 4 is 11.7 Å². The third-order valence-electron chi connectivity index (χ3n) is 2.83. The molecule has 0 radical (unpaired) electrons. The first-order valence-corrected chi connectivity index (χ1v) is 6.03. The average molecular weight is 250 g/mol. The highest BCUT2D eigenvalue weighted by Crippen LogP contribution is 2.11. The van der Waals surface area contributed by atoms with Crippen LogP contribution in [0.1, 0.15) is 10.4 Å². The topological polar surface area (TPSA) is 59.6 Å². The number of benzene rings is 1. The largest absolute Gasteiger partial charge is 0.465 e. The number of methoxy groups -OCH3 is 1. The molecule has 2 N–H and O–H groups in total. The van der Waals surface area contributed by atoms with E-state index in [-0.39, 0.29) is 5.97 Å². The number of hydrogen-bond donors (Lipinski definition) is 2. The molecular formula is C13H18N2O3. The highest BCUT2D eigenvalue weighted by Gasteiger charge is 2.12. The number of rotatable bonds is 4. The van der Waals surface area contributed by atoms with Crippen molar-refractivity contribution < 1.29 is 14.3 Å². The van der Waals surface area contributed by atoms with Gasteiger partial charge in [0.1, 0.15) is 0 Å². The summed E-state index contributed by atoms with van der Waals surface area (Å²) in [5.74, 6) is -0.322. The molecule has 1 aromatic rings. The van der Waals surface area contributed by atoms with Gasteiger partial charge in [0.25, 0.3) is 0 Å². The second-order valence-corrected chi connectivity index (χ2v) is 4.18. The van der Waals surface area contributed by atoms with Crippen LogP contribution < -0.4 is 10.6 Å². The molecule has 18 heavy (non-hydrogen) atoms. The van der Waals surface area contributed by atoms with Gasteiger partial charge < -0.3 is 20.1 Å². The molecule has 0 bridgehead atoms. The number of hydrogen-bond acceptors (Lipinski definition) is 5. The molecule has 1 unspecified atom stereocenters. The second-order valence-electron chi connectivity index (χ2n) is 4.18. The van der Waals surface area contributed by atoms with E-state index in [4.69, 9.17) is 4.74 Å². The lowest BCUT2D eigenvalue weighted by Crippen LogP contribution is -2.45. The van der Waals surface area contributed by atoms with Gasteiger partial charge in [0.2, 0.25) is 0 Å². The van der Waals surface area contributed by atoms with Crippen LogP contribution in [0, 0.1) is 0 Å². The number of carbonyl (C=O) groups excluding carboxylic acids is 1. The Hall–Kier alpha value is -1.59. The van der Waals surface area contributed by atoms with E-state index in [9.17, 15) is 4.79 Å². The van der Waals surface area contributed by atoms with Crippen molar-refractivity contribution in [3.8, 4) is 0 Å². The van der Waals surface area contributed by atoms with Gasteiger partial charge in [-0.25, -0.2) is 4.79 Å². The Morgan fingerprint density at radius 2 is 2.50 bits per heavy atom. The summed E-state index contributed by atoms with van der Waals surface area (Å²) in [5.41, 5.74) is 1.46. The summed E-state index contributed by atoms with van der Waals surface area (Å²) >= 11 is 0. The van der Waals surface area contributed by atoms with Crippen LogP contribution in [-0.2, 0) is 9.47 Å². The van der Waals surface area contributed by atoms with Crippen molar-refractivity contribution in [3.05, 3.63) is 29.8 Å². The molecule has 0 aromatic heterocycles. The summed E-state index contributed by atoms with van der Waals surface area (Å²) in [4.78, 5) is 11.4. The summed E-state index contributed by atoms with van der Waals surface area (Å²) in [6, 6.07) is 7.59. The Morgan fingerprint density at radius 1 is 1.61 bits per heavy atom. The number of ether oxygens (including phenoxy) is 2. The van der Waals surface area contributed by atoms with Crippen molar-refractivity contribution in [2.75, 3.05) is 38.7 Å². The van der Waals surface area contributed by atoms with Gasteiger partial charge in [0.15, 0.2) is 0 Å². The van der Waals surface area contributed by atoms with Crippen molar-refractivity contribution in [1.82, 2.24) is 5.32 Å². The molecule has 1 aliphatic rings. The Balaban J connectivity index is 1.90. The molecule has 1 aliphatic heterocycles. The first kappa shape index (κ1) is 12.9. The molecule has 1 fully saturated rings. The lowest BCUT2D eigenvalue weighted by atomic mass is 10.2. The summed E-state index contributed by atoms with van der Waals surface area (Å²) in [5, 5.41) is 6.64. The van der Waals surface area contributed by atoms with E-state index in [1.54, 1.807) is 12.1 Å². The average Bonchev–Trinajstić information content (AvgIpc) is 2.45. The van der Waals surface area contributed by atoms with Gasteiger partial charge in [-0.15, -0.1) is 0 Å². The highest BCUT2D eigenvalue weighted by molar-refractivity contribution is 5.90. The third kappa shape index (κ3) is 3.45. The molecule has 5 heteroatoms. The second kappa shape index (κ2) is 6.37. The lowest BCUT2D eigenvalue weighted by molar-refractivity contribution is 0.0600. The Bertz CT molecular complexity index is 403. The van der Waals surface area contributed by atoms with Crippen LogP contribution in [0.15, 0.2) is 24.3 Å². The number of esters is 1. The normalized spacial score (nSPS) is 19.3. The molecule has 0 saturated carbocycles. The van der Waals surface area contributed by atoms with E-state index in [1.807, 2.05) is 12.1 Å². The third-order valence-corrected chi connectivity index (χ3v) is 2.83. The van der Waals surface area contributed by atoms with Gasteiger partial charge in [-0.1, -0.05) is 6.07 Å². The van der Waals surface area contributed by atoms with E-state index in [2.05, 4.69) is 15.4 Å². The predicted octanol–water partition coefficient (Wildman–Crippen LogP) is 0.873. The molecule has 5 nitrogen and oxygen atoms in total. The lowest BCUT2D eigenvalue weighted by Gasteiger charge is -2.24. The van der Waals surface area contributed by atoms with Crippen LogP contribution >= 0.6 is 0 Å². The molecule has 1 aromatic carbocycles. The minimum absolute atomic E-state index is 0.306. The first-order valence-electron chi connectivity index (χ1n) is 6.03. The maximum Gasteiger partial charge on any atom is 0.337 e. The highest BCUT2D eigenvalue weighted by atomic mass is 16.5. The summed E-state index contributed by atoms with van der Waals surface area (Å²) in [6.07, 6.45) is 0. The molecule has 0 amide bonds. The van der Waals surface area contributed by atoms with Crippen molar-refractivity contribution in [1.29, 1.82) is 0 Å². The van der Waals surface area contributed by atoms with E-state index in [1.165, 1.54) is 7.11 Å². The summed E-state index contributed by atoms with van der Waals surface area (Å²) in [6.45, 7) is 3.14. The minimum atomic E-state index is -0.322. The number of anilines is 1. The Morgan fingerprint density at radius 3 is 3.22 bits per heavy atom. The van der Waals surface area contributed by atoms with Crippen LogP contribution in [0.3, 0.4) is 0 Å². The zero-order valence-electron chi connectivity index (χ0n) is 10.4. The van der Waals surface area contributed by atoms with Gasteiger partial charge >= 0.3 is 5.97 Å². The van der Waals surface area contributed by atoms with Crippen LogP contribution in [0.4, 0.5) is 5.69 Å². The fraction of sp³-hybridized carbons (Fsp3) is 0.462. The maximum atomic E-state index is 11.4. The fourth-order valence-corrected chi connectivity index (χ4v) is 1.87. The number of morpholine rings is 1. The molecule has 0 aliphatic carbocycles. The zero-order valence-corrected chi connectivity index (χ0v) is 10.4. The SMILES string of the molecule is COC(=O)c1cccc(NCC2COCCN2)c1. The summed E-state index contributed by atoms with van der Waals surface area (Å²) < 4.78 is 10.1. The fourth-order valence-electron chi connectivity index (χ4n) is 1.87. The molecule has 98 valence electrons. The maximum absolute atomic E-state index is 11.4. The van der Waals surface area contributed by atoms with Crippen LogP contribution in [0.2, 0.25) is 0 Å². The van der Waals surface area contributed by atoms with E-state index < -0.39 is 0 Å². The molecule has 1 heterocycles. The van der Waals surface area contributed by atoms with Gasteiger partial charge in [0.05, 0.1) is 25.9 Å². The molecule has 0 spiro atoms. The Labute approximate surface area is 106 Å². The predicted molar refractivity (Wildman–Crippen MR) is 68.9 cm³/mol. The summed E-state index contributed by atoms with van der Waals surface area (Å²) in [7, 11) is 1.38. The van der Waals surface area contributed by atoms with Gasteiger partial charge in [0, 0.05) is 24.8 Å². The molecule has 1 atom stereocenters. The first-order chi connectivity index (χ1) is 8.79. The van der Waals surface area contributed by atoms with E-state index in [0.29, 0.717) is 18.2 Å². The zero-order chi connectivity index (χ0) is 12.8. The van der Waals surface area contributed by atoms with E-state index in [0.717, 1.165) is 25.4 Å². The minimum Gasteiger partial charge on any atom is -0.465 e. The molecule has 2 rings (SSSR count). The van der Waals surface area contributed by atoms with Crippen molar-refractivity contribution in [3.63, 3.8) is 0 Å². The smallest absolute Gasteiger partial charge is 0.337 e. The monoisotopic (exact) mass is 250 g/mol. The van der Waals surface area contributed by atoms with Crippen LogP contribution in [-0.4, -0.2) is 45.4 Å². The molecular weight excluding hydrogens is 232 g/mol. The van der Waals surface area contributed by atoms with Gasteiger partial charge in [-0.05, 0) is 18.2 Å². The standard InChI is InChI=1S/C13H18N2O3/c1-17-13(16)10-3-2-4-11(7-10)15-8-12-9-18-6-5-14-12/h2-4,7,12,14-15H,5-6,8-9H2,1H3. The van der Waals surface area contributed by atoms with Crippen LogP contribution in [0.5, 0.6) is 0 Å². The van der Waals surface area contributed by atoms with Gasteiger partial charge in [-0.2, -0.15) is 0 Å². The Kier molecular flexibility index (Phi) is 4.55. The molecule has 1 saturated heterocycles. The quantitative estimate of drug-likeness (QED) is 0.777. The van der Waals surface area contributed by atoms with Crippen LogP contribution in [0.25, 0.3) is 0 Å². The van der Waals surface area contributed by atoms with Gasteiger partial charge in [-0.3, -0.25) is 0 Å². The van der Waals surface area contributed by atoms with E-state index >= 15 is 0 Å². The van der Waals surface area contributed by atoms with Crippen molar-refractivity contribution in [2.24, 2.45) is 0 Å². The van der Waals surface area contributed by atoms with Crippen molar-refractivity contribution in [2.45, 2.75) is 6.04 Å². The number of nitrogens with one attached hydrogen (secondary N) is 2.